The van der Waals surface area contributed by atoms with Crippen molar-refractivity contribution >= 4 is 5.69 Å². The molecule has 4 heteroatoms. The van der Waals surface area contributed by atoms with Crippen molar-refractivity contribution < 1.29 is 0 Å². The maximum atomic E-state index is 8.72. The summed E-state index contributed by atoms with van der Waals surface area (Å²) in [6.07, 6.45) is 0.949. The van der Waals surface area contributed by atoms with E-state index in [-0.39, 0.29) is 0 Å². The first kappa shape index (κ1) is 12.2. The number of hydrogen-bond donors (Lipinski definition) is 1. The number of nitrogens with one attached hydrogen (secondary N) is 1. The third-order valence-corrected chi connectivity index (χ3v) is 2.88. The van der Waals surface area contributed by atoms with E-state index in [0.717, 1.165) is 30.0 Å². The van der Waals surface area contributed by atoms with Crippen LogP contribution in [0.3, 0.4) is 0 Å². The van der Waals surface area contributed by atoms with Gasteiger partial charge in [0.05, 0.1) is 29.6 Å². The second-order valence-corrected chi connectivity index (χ2v) is 4.15. The molecule has 1 aromatic carbocycles. The third kappa shape index (κ3) is 2.69. The monoisotopic (exact) mass is 240 g/mol. The van der Waals surface area contributed by atoms with Crippen molar-refractivity contribution in [2.24, 2.45) is 7.05 Å². The molecule has 1 N–H and O–H groups in total. The summed E-state index contributed by atoms with van der Waals surface area (Å²) < 4.78 is 1.90. The second-order valence-electron chi connectivity index (χ2n) is 4.15. The molecular weight excluding hydrogens is 224 g/mol. The normalized spacial score (nSPS) is 10.1. The number of rotatable bonds is 4. The Hall–Kier alpha value is -2.28. The van der Waals surface area contributed by atoms with Crippen molar-refractivity contribution in [3.8, 4) is 6.07 Å². The molecule has 0 fully saturated rings. The summed E-state index contributed by atoms with van der Waals surface area (Å²) in [4.78, 5) is 0. The lowest BCUT2D eigenvalue weighted by atomic mass is 10.2. The fraction of sp³-hybridized carbons (Fsp3) is 0.286. The molecule has 1 aromatic heterocycles. The van der Waals surface area contributed by atoms with Crippen molar-refractivity contribution in [3.63, 3.8) is 0 Å². The van der Waals surface area contributed by atoms with Gasteiger partial charge in [-0.15, -0.1) is 0 Å². The molecule has 1 heterocycles. The second kappa shape index (κ2) is 5.37. The highest BCUT2D eigenvalue weighted by Crippen LogP contribution is 2.11. The molecule has 0 bridgehead atoms. The number of hydrogen-bond acceptors (Lipinski definition) is 3. The van der Waals surface area contributed by atoms with Crippen LogP contribution >= 0.6 is 0 Å². The third-order valence-electron chi connectivity index (χ3n) is 2.88. The van der Waals surface area contributed by atoms with Crippen LogP contribution in [-0.4, -0.2) is 9.78 Å². The zero-order valence-electron chi connectivity index (χ0n) is 10.6. The van der Waals surface area contributed by atoms with Crippen LogP contribution in [0.25, 0.3) is 0 Å². The predicted molar refractivity (Wildman–Crippen MR) is 71.1 cm³/mol. The molecule has 4 nitrogen and oxygen atoms in total. The largest absolute Gasteiger partial charge is 0.379 e. The van der Waals surface area contributed by atoms with E-state index in [4.69, 9.17) is 5.26 Å². The van der Waals surface area contributed by atoms with Crippen molar-refractivity contribution in [2.45, 2.75) is 19.9 Å². The number of aromatic nitrogens is 2. The van der Waals surface area contributed by atoms with Crippen LogP contribution in [0, 0.1) is 11.3 Å². The predicted octanol–water partition coefficient (Wildman–Crippen LogP) is 2.47. The molecule has 0 aliphatic heterocycles. The maximum absolute atomic E-state index is 8.72. The quantitative estimate of drug-likeness (QED) is 0.893. The molecule has 0 radical (unpaired) electrons. The van der Waals surface area contributed by atoms with Crippen LogP contribution < -0.4 is 5.32 Å². The van der Waals surface area contributed by atoms with Gasteiger partial charge in [0, 0.05) is 12.7 Å². The minimum Gasteiger partial charge on any atom is -0.379 e. The first-order valence-corrected chi connectivity index (χ1v) is 5.98. The molecular formula is C14H16N4. The van der Waals surface area contributed by atoms with Gasteiger partial charge in [-0.3, -0.25) is 4.68 Å². The highest BCUT2D eigenvalue weighted by molar-refractivity contribution is 5.47. The summed E-state index contributed by atoms with van der Waals surface area (Å²) in [5, 5.41) is 16.4. The van der Waals surface area contributed by atoms with E-state index in [0.29, 0.717) is 5.56 Å². The summed E-state index contributed by atoms with van der Waals surface area (Å²) in [6, 6.07) is 11.7. The first-order chi connectivity index (χ1) is 8.72. The van der Waals surface area contributed by atoms with E-state index >= 15 is 0 Å². The smallest absolute Gasteiger partial charge is 0.0991 e. The molecule has 0 spiro atoms. The van der Waals surface area contributed by atoms with Gasteiger partial charge >= 0.3 is 0 Å². The molecule has 0 atom stereocenters. The molecule has 0 aliphatic rings. The van der Waals surface area contributed by atoms with Crippen LogP contribution in [0.5, 0.6) is 0 Å². The van der Waals surface area contributed by atoms with Crippen molar-refractivity contribution in [1.82, 2.24) is 9.78 Å². The standard InChI is InChI=1S/C14H16N4/c1-3-12-8-14(18(2)17-12)10-16-13-6-4-11(9-15)5-7-13/h4-8,16H,3,10H2,1-2H3. The molecule has 2 rings (SSSR count). The average molecular weight is 240 g/mol. The zero-order valence-corrected chi connectivity index (χ0v) is 10.6. The van der Waals surface area contributed by atoms with Gasteiger partial charge in [0.2, 0.25) is 0 Å². The molecule has 0 aliphatic carbocycles. The number of nitrogens with zero attached hydrogens (tertiary/aromatic N) is 3. The molecule has 0 amide bonds. The summed E-state index contributed by atoms with van der Waals surface area (Å²) in [6.45, 7) is 2.83. The van der Waals surface area contributed by atoms with Gasteiger partial charge < -0.3 is 5.32 Å². The highest BCUT2D eigenvalue weighted by atomic mass is 15.3. The van der Waals surface area contributed by atoms with Crippen LogP contribution in [0.2, 0.25) is 0 Å². The van der Waals surface area contributed by atoms with Gasteiger partial charge in [0.1, 0.15) is 0 Å². The SMILES string of the molecule is CCc1cc(CNc2ccc(C#N)cc2)n(C)n1. The lowest BCUT2D eigenvalue weighted by Gasteiger charge is -2.06. The summed E-state index contributed by atoms with van der Waals surface area (Å²) in [5.41, 5.74) is 3.94. The summed E-state index contributed by atoms with van der Waals surface area (Å²) >= 11 is 0. The Morgan fingerprint density at radius 3 is 2.61 bits per heavy atom. The molecule has 92 valence electrons. The minimum absolute atomic E-state index is 0.675. The number of nitriles is 1. The van der Waals surface area contributed by atoms with Crippen LogP contribution in [-0.2, 0) is 20.0 Å². The van der Waals surface area contributed by atoms with Gasteiger partial charge in [-0.25, -0.2) is 0 Å². The van der Waals surface area contributed by atoms with E-state index in [1.807, 2.05) is 36.0 Å². The molecule has 0 saturated carbocycles. The molecule has 2 aromatic rings. The zero-order chi connectivity index (χ0) is 13.0. The molecule has 0 unspecified atom stereocenters. The minimum atomic E-state index is 0.675. The fourth-order valence-electron chi connectivity index (χ4n) is 1.76. The first-order valence-electron chi connectivity index (χ1n) is 5.98. The number of anilines is 1. The fourth-order valence-corrected chi connectivity index (χ4v) is 1.76. The van der Waals surface area contributed by atoms with Gasteiger partial charge in [-0.05, 0) is 36.8 Å². The highest BCUT2D eigenvalue weighted by Gasteiger charge is 2.03. The topological polar surface area (TPSA) is 53.6 Å². The van der Waals surface area contributed by atoms with Gasteiger partial charge in [-0.1, -0.05) is 6.92 Å². The van der Waals surface area contributed by atoms with Crippen LogP contribution in [0.4, 0.5) is 5.69 Å². The lowest BCUT2D eigenvalue weighted by molar-refractivity contribution is 0.707. The van der Waals surface area contributed by atoms with Crippen molar-refractivity contribution in [1.29, 1.82) is 5.26 Å². The Morgan fingerprint density at radius 1 is 1.33 bits per heavy atom. The van der Waals surface area contributed by atoms with Gasteiger partial charge in [-0.2, -0.15) is 10.4 Å². The number of aryl methyl sites for hydroxylation is 2. The number of benzene rings is 1. The molecule has 18 heavy (non-hydrogen) atoms. The summed E-state index contributed by atoms with van der Waals surface area (Å²) in [7, 11) is 1.95. The Kier molecular flexibility index (Phi) is 3.63. The van der Waals surface area contributed by atoms with Gasteiger partial charge in [0.15, 0.2) is 0 Å². The van der Waals surface area contributed by atoms with E-state index in [1.165, 1.54) is 0 Å². The van der Waals surface area contributed by atoms with E-state index in [1.54, 1.807) is 0 Å². The van der Waals surface area contributed by atoms with Crippen LogP contribution in [0.1, 0.15) is 23.9 Å². The van der Waals surface area contributed by atoms with E-state index in [9.17, 15) is 0 Å². The molecule has 0 saturated heterocycles. The van der Waals surface area contributed by atoms with Crippen molar-refractivity contribution in [3.05, 3.63) is 47.3 Å². The average Bonchev–Trinajstić information content (AvgIpc) is 2.77. The Balaban J connectivity index is 2.02. The Labute approximate surface area is 107 Å². The summed E-state index contributed by atoms with van der Waals surface area (Å²) in [5.74, 6) is 0. The van der Waals surface area contributed by atoms with E-state index < -0.39 is 0 Å². The van der Waals surface area contributed by atoms with Crippen LogP contribution in [0.15, 0.2) is 30.3 Å². The maximum Gasteiger partial charge on any atom is 0.0991 e. The van der Waals surface area contributed by atoms with E-state index in [2.05, 4.69) is 29.5 Å². The Bertz CT molecular complexity index is 560. The lowest BCUT2D eigenvalue weighted by Crippen LogP contribution is -2.05. The van der Waals surface area contributed by atoms with Crippen molar-refractivity contribution in [2.75, 3.05) is 5.32 Å². The Morgan fingerprint density at radius 2 is 2.06 bits per heavy atom. The van der Waals surface area contributed by atoms with Gasteiger partial charge in [0.25, 0.3) is 0 Å².